The van der Waals surface area contributed by atoms with E-state index in [-0.39, 0.29) is 10.6 Å². The number of carbonyl (C=O) groups excluding carboxylic acids is 1. The maximum Gasteiger partial charge on any atom is 0.176 e. The third kappa shape index (κ3) is 2.35. The van der Waals surface area contributed by atoms with Crippen LogP contribution in [0.4, 0.5) is 0 Å². The zero-order valence-electron chi connectivity index (χ0n) is 9.01. The Morgan fingerprint density at radius 2 is 1.82 bits per heavy atom. The Bertz CT molecular complexity index is 585. The van der Waals surface area contributed by atoms with E-state index in [4.69, 9.17) is 23.2 Å². The third-order valence-electron chi connectivity index (χ3n) is 2.57. The summed E-state index contributed by atoms with van der Waals surface area (Å²) in [4.78, 5) is 11.8. The van der Waals surface area contributed by atoms with Gasteiger partial charge in [0.1, 0.15) is 0 Å². The highest BCUT2D eigenvalue weighted by atomic mass is 79.9. The molecule has 2 aromatic rings. The van der Waals surface area contributed by atoms with Crippen molar-refractivity contribution in [2.24, 2.45) is 0 Å². The Morgan fingerprint density at radius 1 is 1.18 bits per heavy atom. The van der Waals surface area contributed by atoms with Gasteiger partial charge in [-0.2, -0.15) is 0 Å². The minimum atomic E-state index is -0.231. The van der Waals surface area contributed by atoms with Gasteiger partial charge in [-0.3, -0.25) is 4.79 Å². The van der Waals surface area contributed by atoms with Gasteiger partial charge in [-0.15, -0.1) is 0 Å². The number of alkyl halides is 1. The Balaban J connectivity index is 2.80. The number of rotatable bonds is 2. The molecule has 0 heterocycles. The van der Waals surface area contributed by atoms with E-state index < -0.39 is 0 Å². The first kappa shape index (κ1) is 12.9. The van der Waals surface area contributed by atoms with Crippen LogP contribution in [-0.2, 0) is 0 Å². The van der Waals surface area contributed by atoms with Crippen LogP contribution < -0.4 is 0 Å². The van der Waals surface area contributed by atoms with E-state index in [1.807, 2.05) is 12.1 Å². The lowest BCUT2D eigenvalue weighted by molar-refractivity contribution is 0.0997. The van der Waals surface area contributed by atoms with Crippen molar-refractivity contribution in [2.45, 2.75) is 11.8 Å². The fourth-order valence-electron chi connectivity index (χ4n) is 1.75. The van der Waals surface area contributed by atoms with Gasteiger partial charge in [0.05, 0.1) is 4.83 Å². The number of hydrogen-bond acceptors (Lipinski definition) is 1. The minimum Gasteiger partial charge on any atom is -0.293 e. The molecule has 0 aliphatic heterocycles. The number of ketones is 1. The summed E-state index contributed by atoms with van der Waals surface area (Å²) in [6.07, 6.45) is 0. The second kappa shape index (κ2) is 4.97. The molecule has 2 rings (SSSR count). The molecular weight excluding hydrogens is 323 g/mol. The second-order valence-electron chi connectivity index (χ2n) is 3.74. The summed E-state index contributed by atoms with van der Waals surface area (Å²) in [5.41, 5.74) is 0.635. The van der Waals surface area contributed by atoms with Crippen molar-refractivity contribution in [1.29, 1.82) is 0 Å². The lowest BCUT2D eigenvalue weighted by Gasteiger charge is -2.09. The van der Waals surface area contributed by atoms with Crippen LogP contribution in [0.15, 0.2) is 30.3 Å². The molecule has 17 heavy (non-hydrogen) atoms. The summed E-state index contributed by atoms with van der Waals surface area (Å²) >= 11 is 15.5. The summed E-state index contributed by atoms with van der Waals surface area (Å²) in [5.74, 6) is 0.0222. The van der Waals surface area contributed by atoms with Gasteiger partial charge in [0.25, 0.3) is 0 Å². The summed E-state index contributed by atoms with van der Waals surface area (Å²) < 4.78 is 0. The molecule has 88 valence electrons. The van der Waals surface area contributed by atoms with Crippen molar-refractivity contribution in [1.82, 2.24) is 0 Å². The van der Waals surface area contributed by atoms with Crippen LogP contribution in [0, 0.1) is 0 Å². The van der Waals surface area contributed by atoms with Crippen molar-refractivity contribution in [3.63, 3.8) is 0 Å². The van der Waals surface area contributed by atoms with Gasteiger partial charge in [0, 0.05) is 21.0 Å². The van der Waals surface area contributed by atoms with Crippen molar-refractivity contribution < 1.29 is 4.79 Å². The lowest BCUT2D eigenvalue weighted by atomic mass is 10.00. The standard InChI is InChI=1S/C13H9BrCl2O/c1-7(14)13(17)9-5-6-11(16)12-8(9)3-2-4-10(12)15/h2-7H,1H3. The molecule has 1 unspecified atom stereocenters. The predicted octanol–water partition coefficient (Wildman–Crippen LogP) is 5.11. The fourth-order valence-corrected chi connectivity index (χ4v) is 2.59. The number of halogens is 3. The molecule has 2 aromatic carbocycles. The highest BCUT2D eigenvalue weighted by molar-refractivity contribution is 9.10. The first-order valence-electron chi connectivity index (χ1n) is 5.07. The molecule has 0 N–H and O–H groups in total. The number of fused-ring (bicyclic) bond motifs is 1. The molecule has 0 aliphatic carbocycles. The van der Waals surface area contributed by atoms with Crippen molar-refractivity contribution >= 4 is 55.7 Å². The molecule has 0 bridgehead atoms. The van der Waals surface area contributed by atoms with Gasteiger partial charge in [-0.1, -0.05) is 51.3 Å². The van der Waals surface area contributed by atoms with E-state index in [0.717, 1.165) is 10.8 Å². The fraction of sp³-hybridized carbons (Fsp3) is 0.154. The van der Waals surface area contributed by atoms with Gasteiger partial charge >= 0.3 is 0 Å². The molecule has 1 nitrogen and oxygen atoms in total. The zero-order valence-corrected chi connectivity index (χ0v) is 12.1. The predicted molar refractivity (Wildman–Crippen MR) is 76.7 cm³/mol. The molecular formula is C13H9BrCl2O. The topological polar surface area (TPSA) is 17.1 Å². The molecule has 4 heteroatoms. The largest absolute Gasteiger partial charge is 0.293 e. The highest BCUT2D eigenvalue weighted by Crippen LogP contribution is 2.33. The van der Waals surface area contributed by atoms with Gasteiger partial charge in [-0.25, -0.2) is 0 Å². The Hall–Kier alpha value is -0.570. The molecule has 0 amide bonds. The average molecular weight is 332 g/mol. The van der Waals surface area contributed by atoms with E-state index in [1.54, 1.807) is 25.1 Å². The molecule has 1 atom stereocenters. The molecule has 0 aliphatic rings. The van der Waals surface area contributed by atoms with Crippen LogP contribution in [0.5, 0.6) is 0 Å². The first-order chi connectivity index (χ1) is 8.02. The van der Waals surface area contributed by atoms with Gasteiger partial charge < -0.3 is 0 Å². The molecule has 0 saturated carbocycles. The molecule has 0 saturated heterocycles. The Kier molecular flexibility index (Phi) is 3.76. The SMILES string of the molecule is CC(Br)C(=O)c1ccc(Cl)c2c(Cl)cccc12. The zero-order chi connectivity index (χ0) is 12.6. The number of carbonyl (C=O) groups is 1. The van der Waals surface area contributed by atoms with E-state index in [9.17, 15) is 4.79 Å². The second-order valence-corrected chi connectivity index (χ2v) is 5.93. The van der Waals surface area contributed by atoms with Crippen molar-refractivity contribution in [3.05, 3.63) is 45.9 Å². The third-order valence-corrected chi connectivity index (χ3v) is 3.61. The maximum atomic E-state index is 12.0. The van der Waals surface area contributed by atoms with Gasteiger partial charge in [0.15, 0.2) is 5.78 Å². The molecule has 0 radical (unpaired) electrons. The number of hydrogen-bond donors (Lipinski definition) is 0. The normalized spacial score (nSPS) is 12.7. The van der Waals surface area contributed by atoms with Crippen LogP contribution in [0.3, 0.4) is 0 Å². The van der Waals surface area contributed by atoms with Crippen LogP contribution >= 0.6 is 39.1 Å². The summed E-state index contributed by atoms with van der Waals surface area (Å²) in [5, 5.41) is 2.64. The average Bonchev–Trinajstić information content (AvgIpc) is 2.28. The van der Waals surface area contributed by atoms with Crippen LogP contribution in [-0.4, -0.2) is 10.6 Å². The molecule has 0 aromatic heterocycles. The number of Topliss-reactive ketones (excluding diaryl/α,β-unsaturated/α-hetero) is 1. The quantitative estimate of drug-likeness (QED) is 0.552. The molecule has 0 fully saturated rings. The highest BCUT2D eigenvalue weighted by Gasteiger charge is 2.16. The lowest BCUT2D eigenvalue weighted by Crippen LogP contribution is -2.10. The smallest absolute Gasteiger partial charge is 0.176 e. The summed E-state index contributed by atoms with van der Waals surface area (Å²) in [6, 6.07) is 8.88. The Morgan fingerprint density at radius 3 is 2.47 bits per heavy atom. The van der Waals surface area contributed by atoms with Crippen LogP contribution in [0.25, 0.3) is 10.8 Å². The summed E-state index contributed by atoms with van der Waals surface area (Å²) in [6.45, 7) is 1.80. The van der Waals surface area contributed by atoms with Crippen LogP contribution in [0.2, 0.25) is 10.0 Å². The van der Waals surface area contributed by atoms with Crippen molar-refractivity contribution in [2.75, 3.05) is 0 Å². The Labute approximate surface area is 118 Å². The van der Waals surface area contributed by atoms with E-state index >= 15 is 0 Å². The van der Waals surface area contributed by atoms with E-state index in [1.165, 1.54) is 0 Å². The van der Waals surface area contributed by atoms with Gasteiger partial charge in [0.2, 0.25) is 0 Å². The first-order valence-corrected chi connectivity index (χ1v) is 6.74. The molecule has 0 spiro atoms. The number of benzene rings is 2. The van der Waals surface area contributed by atoms with E-state index in [2.05, 4.69) is 15.9 Å². The van der Waals surface area contributed by atoms with Gasteiger partial charge in [-0.05, 0) is 30.5 Å². The minimum absolute atomic E-state index is 0.0222. The van der Waals surface area contributed by atoms with Crippen molar-refractivity contribution in [3.8, 4) is 0 Å². The van der Waals surface area contributed by atoms with E-state index in [0.29, 0.717) is 15.6 Å². The maximum absolute atomic E-state index is 12.0. The monoisotopic (exact) mass is 330 g/mol. The van der Waals surface area contributed by atoms with Crippen LogP contribution in [0.1, 0.15) is 17.3 Å². The summed E-state index contributed by atoms with van der Waals surface area (Å²) in [7, 11) is 0.